The van der Waals surface area contributed by atoms with E-state index in [0.717, 1.165) is 0 Å². The minimum atomic E-state index is -0.142. The number of hydrazine groups is 1. The molecule has 0 aromatic rings. The number of carbonyl (C=O) groups excluding carboxylic acids is 2. The Morgan fingerprint density at radius 2 is 1.89 bits per heavy atom. The molecule has 0 spiro atoms. The molecule has 1 aliphatic rings. The monoisotopic (exact) mass is 271 g/mol. The minimum Gasteiger partial charge on any atom is -0.368 e. The van der Waals surface area contributed by atoms with Crippen molar-refractivity contribution in [3.05, 3.63) is 0 Å². The number of ether oxygens (including phenoxy) is 1. The first-order chi connectivity index (χ1) is 8.95. The van der Waals surface area contributed by atoms with Crippen LogP contribution in [-0.4, -0.2) is 42.5 Å². The number of carbonyl (C=O) groups is 2. The molecule has 0 aromatic carbocycles. The average molecular weight is 271 g/mol. The van der Waals surface area contributed by atoms with E-state index in [0.29, 0.717) is 31.8 Å². The van der Waals surface area contributed by atoms with Crippen LogP contribution in [0, 0.1) is 11.8 Å². The second-order valence-electron chi connectivity index (χ2n) is 5.42. The SMILES string of the molecule is CC(C)C(C)OCC(=O)N1CCC(C(=O)NN)CC1. The van der Waals surface area contributed by atoms with Crippen molar-refractivity contribution in [1.82, 2.24) is 10.3 Å². The molecule has 3 N–H and O–H groups in total. The van der Waals surface area contributed by atoms with Crippen molar-refractivity contribution in [3.63, 3.8) is 0 Å². The van der Waals surface area contributed by atoms with Crippen LogP contribution in [0.3, 0.4) is 0 Å². The van der Waals surface area contributed by atoms with Crippen molar-refractivity contribution >= 4 is 11.8 Å². The van der Waals surface area contributed by atoms with Gasteiger partial charge < -0.3 is 9.64 Å². The quantitative estimate of drug-likeness (QED) is 0.427. The van der Waals surface area contributed by atoms with E-state index in [4.69, 9.17) is 10.6 Å². The summed E-state index contributed by atoms with van der Waals surface area (Å²) in [5.74, 6) is 5.28. The van der Waals surface area contributed by atoms with Gasteiger partial charge in [-0.15, -0.1) is 0 Å². The van der Waals surface area contributed by atoms with Crippen LogP contribution in [0.5, 0.6) is 0 Å². The first-order valence-corrected chi connectivity index (χ1v) is 6.85. The molecule has 1 rings (SSSR count). The molecule has 6 nitrogen and oxygen atoms in total. The normalized spacial score (nSPS) is 18.5. The van der Waals surface area contributed by atoms with Gasteiger partial charge in [0.2, 0.25) is 11.8 Å². The van der Waals surface area contributed by atoms with Gasteiger partial charge in [0, 0.05) is 19.0 Å². The zero-order valence-corrected chi connectivity index (χ0v) is 12.0. The van der Waals surface area contributed by atoms with Crippen LogP contribution in [0.4, 0.5) is 0 Å². The Morgan fingerprint density at radius 3 is 2.37 bits per heavy atom. The summed E-state index contributed by atoms with van der Waals surface area (Å²) in [5, 5.41) is 0. The van der Waals surface area contributed by atoms with Crippen molar-refractivity contribution in [1.29, 1.82) is 0 Å². The molecule has 6 heteroatoms. The van der Waals surface area contributed by atoms with Gasteiger partial charge in [-0.3, -0.25) is 15.0 Å². The van der Waals surface area contributed by atoms with E-state index in [9.17, 15) is 9.59 Å². The lowest BCUT2D eigenvalue weighted by Gasteiger charge is -2.31. The van der Waals surface area contributed by atoms with Gasteiger partial charge in [0.1, 0.15) is 6.61 Å². The lowest BCUT2D eigenvalue weighted by Crippen LogP contribution is -2.45. The minimum absolute atomic E-state index is 0.000827. The van der Waals surface area contributed by atoms with Gasteiger partial charge in [-0.05, 0) is 25.7 Å². The van der Waals surface area contributed by atoms with E-state index in [1.54, 1.807) is 4.90 Å². The summed E-state index contributed by atoms with van der Waals surface area (Å²) in [5.41, 5.74) is 2.16. The fourth-order valence-electron chi connectivity index (χ4n) is 2.00. The van der Waals surface area contributed by atoms with Gasteiger partial charge in [0.25, 0.3) is 0 Å². The smallest absolute Gasteiger partial charge is 0.248 e. The molecule has 2 amide bonds. The number of nitrogens with two attached hydrogens (primary N) is 1. The van der Waals surface area contributed by atoms with Gasteiger partial charge in [0.15, 0.2) is 0 Å². The zero-order valence-electron chi connectivity index (χ0n) is 12.0. The molecule has 1 aliphatic heterocycles. The Bertz CT molecular complexity index is 312. The van der Waals surface area contributed by atoms with Crippen LogP contribution in [-0.2, 0) is 14.3 Å². The molecule has 0 saturated carbocycles. The highest BCUT2D eigenvalue weighted by atomic mass is 16.5. The maximum absolute atomic E-state index is 11.9. The Kier molecular flexibility index (Phi) is 6.24. The van der Waals surface area contributed by atoms with Crippen molar-refractivity contribution in [2.24, 2.45) is 17.7 Å². The fourth-order valence-corrected chi connectivity index (χ4v) is 2.00. The Morgan fingerprint density at radius 1 is 1.32 bits per heavy atom. The van der Waals surface area contributed by atoms with Crippen molar-refractivity contribution in [2.75, 3.05) is 19.7 Å². The van der Waals surface area contributed by atoms with E-state index in [1.165, 1.54) is 0 Å². The number of amides is 2. The average Bonchev–Trinajstić information content (AvgIpc) is 2.43. The predicted molar refractivity (Wildman–Crippen MR) is 71.9 cm³/mol. The largest absolute Gasteiger partial charge is 0.368 e. The summed E-state index contributed by atoms with van der Waals surface area (Å²) in [6.45, 7) is 7.40. The van der Waals surface area contributed by atoms with Crippen LogP contribution in [0.1, 0.15) is 33.6 Å². The van der Waals surface area contributed by atoms with E-state index >= 15 is 0 Å². The van der Waals surface area contributed by atoms with E-state index in [1.807, 2.05) is 6.92 Å². The first-order valence-electron chi connectivity index (χ1n) is 6.85. The summed E-state index contributed by atoms with van der Waals surface area (Å²) in [6.07, 6.45) is 1.40. The Hall–Kier alpha value is -1.14. The van der Waals surface area contributed by atoms with Crippen molar-refractivity contribution in [2.45, 2.75) is 39.7 Å². The van der Waals surface area contributed by atoms with Gasteiger partial charge in [-0.2, -0.15) is 0 Å². The summed E-state index contributed by atoms with van der Waals surface area (Å²) in [6, 6.07) is 0. The maximum Gasteiger partial charge on any atom is 0.248 e. The third-order valence-corrected chi connectivity index (χ3v) is 3.77. The molecule has 0 aliphatic carbocycles. The molecule has 110 valence electrons. The summed E-state index contributed by atoms with van der Waals surface area (Å²) in [7, 11) is 0. The highest BCUT2D eigenvalue weighted by molar-refractivity contribution is 5.80. The molecule has 19 heavy (non-hydrogen) atoms. The highest BCUT2D eigenvalue weighted by Crippen LogP contribution is 2.17. The number of hydrogen-bond donors (Lipinski definition) is 2. The number of hydrogen-bond acceptors (Lipinski definition) is 4. The van der Waals surface area contributed by atoms with Gasteiger partial charge in [-0.25, -0.2) is 5.84 Å². The molecule has 1 saturated heterocycles. The number of nitrogens with zero attached hydrogens (tertiary/aromatic N) is 1. The second kappa shape index (κ2) is 7.45. The number of piperidine rings is 1. The van der Waals surface area contributed by atoms with Crippen LogP contribution in [0.25, 0.3) is 0 Å². The van der Waals surface area contributed by atoms with E-state index in [-0.39, 0.29) is 30.4 Å². The molecule has 1 unspecified atom stereocenters. The van der Waals surface area contributed by atoms with E-state index in [2.05, 4.69) is 19.3 Å². The Labute approximate surface area is 114 Å². The topological polar surface area (TPSA) is 84.7 Å². The third-order valence-electron chi connectivity index (χ3n) is 3.77. The summed E-state index contributed by atoms with van der Waals surface area (Å²) < 4.78 is 5.52. The maximum atomic E-state index is 11.9. The van der Waals surface area contributed by atoms with Gasteiger partial charge >= 0.3 is 0 Å². The van der Waals surface area contributed by atoms with Gasteiger partial charge in [-0.1, -0.05) is 13.8 Å². The van der Waals surface area contributed by atoms with Crippen molar-refractivity contribution < 1.29 is 14.3 Å². The highest BCUT2D eigenvalue weighted by Gasteiger charge is 2.27. The molecular formula is C13H25N3O3. The predicted octanol–water partition coefficient (Wildman–Crippen LogP) is 0.276. The molecule has 0 radical (unpaired) electrons. The lowest BCUT2D eigenvalue weighted by atomic mass is 9.96. The first kappa shape index (κ1) is 15.9. The molecule has 1 atom stereocenters. The molecular weight excluding hydrogens is 246 g/mol. The van der Waals surface area contributed by atoms with Gasteiger partial charge in [0.05, 0.1) is 6.10 Å². The lowest BCUT2D eigenvalue weighted by molar-refractivity contribution is -0.141. The zero-order chi connectivity index (χ0) is 14.4. The molecule has 0 aromatic heterocycles. The van der Waals surface area contributed by atoms with E-state index < -0.39 is 0 Å². The van der Waals surface area contributed by atoms with Crippen molar-refractivity contribution in [3.8, 4) is 0 Å². The molecule has 1 fully saturated rings. The van der Waals surface area contributed by atoms with Crippen LogP contribution in [0.2, 0.25) is 0 Å². The number of rotatable bonds is 5. The standard InChI is InChI=1S/C13H25N3O3/c1-9(2)10(3)19-8-12(17)16-6-4-11(5-7-16)13(18)15-14/h9-11H,4-8,14H2,1-3H3,(H,15,18). The second-order valence-corrected chi connectivity index (χ2v) is 5.42. The third kappa shape index (κ3) is 4.80. The van der Waals surface area contributed by atoms with Crippen LogP contribution >= 0.6 is 0 Å². The number of nitrogens with one attached hydrogen (secondary N) is 1. The number of likely N-dealkylation sites (tertiary alicyclic amines) is 1. The van der Waals surface area contributed by atoms with Crippen LogP contribution < -0.4 is 11.3 Å². The Balaban J connectivity index is 2.31. The summed E-state index contributed by atoms with van der Waals surface area (Å²) >= 11 is 0. The summed E-state index contributed by atoms with van der Waals surface area (Å²) in [4.78, 5) is 25.1. The fraction of sp³-hybridized carbons (Fsp3) is 0.846. The van der Waals surface area contributed by atoms with Crippen LogP contribution in [0.15, 0.2) is 0 Å². The molecule has 0 bridgehead atoms. The molecule has 1 heterocycles.